The normalized spacial score (nSPS) is 24.6. The van der Waals surface area contributed by atoms with Crippen LogP contribution in [0.1, 0.15) is 31.2 Å². The summed E-state index contributed by atoms with van der Waals surface area (Å²) in [7, 11) is 1.82. The fraction of sp³-hybridized carbons (Fsp3) is 0.556. The number of fused-ring (bicyclic) bond motifs is 2. The topological polar surface area (TPSA) is 73.5 Å². The predicted octanol–water partition coefficient (Wildman–Crippen LogP) is 1.37. The van der Waals surface area contributed by atoms with Crippen molar-refractivity contribution >= 4 is 11.9 Å². The molecule has 2 heterocycles. The number of hydrogen-bond acceptors (Lipinski definition) is 3. The molecule has 3 N–H and O–H groups in total. The number of piperidine rings is 1. The van der Waals surface area contributed by atoms with E-state index in [2.05, 4.69) is 16.0 Å². The van der Waals surface area contributed by atoms with Crippen molar-refractivity contribution in [2.75, 3.05) is 13.6 Å². The number of amides is 3. The van der Waals surface area contributed by atoms with Crippen LogP contribution < -0.4 is 16.0 Å². The molecule has 0 saturated carbocycles. The number of hydrogen-bond donors (Lipinski definition) is 3. The lowest BCUT2D eigenvalue weighted by Crippen LogP contribution is -2.51. The number of benzene rings is 1. The third kappa shape index (κ3) is 4.69. The van der Waals surface area contributed by atoms with E-state index in [9.17, 15) is 14.0 Å². The molecule has 0 spiro atoms. The Kier molecular flexibility index (Phi) is 5.53. The van der Waals surface area contributed by atoms with E-state index in [4.69, 9.17) is 0 Å². The second-order valence-corrected chi connectivity index (χ2v) is 6.93. The van der Waals surface area contributed by atoms with Crippen molar-refractivity contribution < 1.29 is 14.0 Å². The molecule has 1 aromatic rings. The maximum absolute atomic E-state index is 12.8. The van der Waals surface area contributed by atoms with Gasteiger partial charge in [-0.2, -0.15) is 0 Å². The van der Waals surface area contributed by atoms with Gasteiger partial charge in [0, 0.05) is 31.7 Å². The first-order valence-corrected chi connectivity index (χ1v) is 8.79. The third-order valence-electron chi connectivity index (χ3n) is 5.16. The average Bonchev–Trinajstić information content (AvgIpc) is 2.96. The van der Waals surface area contributed by atoms with E-state index < -0.39 is 6.03 Å². The van der Waals surface area contributed by atoms with Crippen LogP contribution in [0, 0.1) is 5.82 Å². The minimum atomic E-state index is -0.406. The summed E-state index contributed by atoms with van der Waals surface area (Å²) in [5.41, 5.74) is 0.796. The Morgan fingerprint density at radius 1 is 1.16 bits per heavy atom. The predicted molar refractivity (Wildman–Crippen MR) is 92.4 cm³/mol. The second-order valence-electron chi connectivity index (χ2n) is 6.93. The van der Waals surface area contributed by atoms with Gasteiger partial charge < -0.3 is 20.9 Å². The highest BCUT2D eigenvalue weighted by Gasteiger charge is 2.36. The van der Waals surface area contributed by atoms with E-state index in [0.717, 1.165) is 18.4 Å². The summed E-state index contributed by atoms with van der Waals surface area (Å²) in [5.74, 6) is -0.392. The number of halogens is 1. The number of urea groups is 1. The molecule has 2 atom stereocenters. The summed E-state index contributed by atoms with van der Waals surface area (Å²) in [6, 6.07) is 6.79. The van der Waals surface area contributed by atoms with E-state index >= 15 is 0 Å². The summed E-state index contributed by atoms with van der Waals surface area (Å²) in [5, 5.41) is 8.81. The molecule has 0 aliphatic carbocycles. The van der Waals surface area contributed by atoms with Crippen LogP contribution in [0.4, 0.5) is 9.18 Å². The highest BCUT2D eigenvalue weighted by molar-refractivity contribution is 5.84. The van der Waals surface area contributed by atoms with Gasteiger partial charge in [-0.05, 0) is 43.4 Å². The van der Waals surface area contributed by atoms with Crippen LogP contribution in [0.5, 0.6) is 0 Å². The van der Waals surface area contributed by atoms with Crippen LogP contribution in [0.2, 0.25) is 0 Å². The second kappa shape index (κ2) is 7.82. The monoisotopic (exact) mass is 348 g/mol. The zero-order chi connectivity index (χ0) is 17.8. The van der Waals surface area contributed by atoms with Crippen LogP contribution >= 0.6 is 0 Å². The smallest absolute Gasteiger partial charge is 0.315 e. The lowest BCUT2D eigenvalue weighted by Gasteiger charge is -2.35. The summed E-state index contributed by atoms with van der Waals surface area (Å²) in [4.78, 5) is 25.9. The molecule has 2 saturated heterocycles. The summed E-state index contributed by atoms with van der Waals surface area (Å²) >= 11 is 0. The Labute approximate surface area is 147 Å². The molecular weight excluding hydrogens is 323 g/mol. The van der Waals surface area contributed by atoms with Gasteiger partial charge >= 0.3 is 6.03 Å². The zero-order valence-electron chi connectivity index (χ0n) is 14.4. The van der Waals surface area contributed by atoms with Gasteiger partial charge in [0.25, 0.3) is 0 Å². The number of carbonyl (C=O) groups excluding carboxylic acids is 2. The molecule has 2 aliphatic heterocycles. The molecule has 25 heavy (non-hydrogen) atoms. The molecule has 136 valence electrons. The molecular formula is C18H25FN4O2. The van der Waals surface area contributed by atoms with E-state index in [-0.39, 0.29) is 30.9 Å². The van der Waals surface area contributed by atoms with Gasteiger partial charge in [-0.15, -0.1) is 0 Å². The largest absolute Gasteiger partial charge is 0.341 e. The highest BCUT2D eigenvalue weighted by atomic mass is 19.1. The third-order valence-corrected chi connectivity index (χ3v) is 5.16. The maximum Gasteiger partial charge on any atom is 0.315 e. The first kappa shape index (κ1) is 17.7. The van der Waals surface area contributed by atoms with Gasteiger partial charge in [0.15, 0.2) is 0 Å². The quantitative estimate of drug-likeness (QED) is 0.752. The van der Waals surface area contributed by atoms with Gasteiger partial charge in [0.1, 0.15) is 5.82 Å². The minimum absolute atomic E-state index is 0.0228. The molecule has 3 amide bonds. The molecule has 1 aromatic carbocycles. The lowest BCUT2D eigenvalue weighted by atomic mass is 9.98. The van der Waals surface area contributed by atoms with Gasteiger partial charge in [0.2, 0.25) is 5.91 Å². The average molecular weight is 348 g/mol. The van der Waals surface area contributed by atoms with Crippen molar-refractivity contribution in [2.45, 2.75) is 50.4 Å². The lowest BCUT2D eigenvalue weighted by molar-refractivity contribution is -0.131. The molecule has 2 bridgehead atoms. The van der Waals surface area contributed by atoms with Gasteiger partial charge in [-0.3, -0.25) is 4.79 Å². The summed E-state index contributed by atoms with van der Waals surface area (Å²) in [6.07, 6.45) is 4.34. The molecule has 2 aliphatic rings. The molecule has 3 rings (SSSR count). The molecule has 2 fully saturated rings. The maximum atomic E-state index is 12.8. The van der Waals surface area contributed by atoms with Crippen LogP contribution in [-0.4, -0.2) is 48.6 Å². The molecule has 0 radical (unpaired) electrons. The molecule has 2 unspecified atom stereocenters. The Morgan fingerprint density at radius 2 is 1.80 bits per heavy atom. The molecule has 0 aromatic heterocycles. The number of nitrogens with one attached hydrogen (secondary N) is 3. The Hall–Kier alpha value is -2.15. The van der Waals surface area contributed by atoms with Gasteiger partial charge in [0.05, 0.1) is 6.54 Å². The van der Waals surface area contributed by atoms with Crippen LogP contribution in [-0.2, 0) is 11.3 Å². The van der Waals surface area contributed by atoms with E-state index in [1.54, 1.807) is 17.0 Å². The van der Waals surface area contributed by atoms with Crippen LogP contribution in [0.15, 0.2) is 24.3 Å². The highest BCUT2D eigenvalue weighted by Crippen LogP contribution is 2.29. The minimum Gasteiger partial charge on any atom is -0.341 e. The van der Waals surface area contributed by atoms with E-state index in [1.165, 1.54) is 25.0 Å². The summed E-state index contributed by atoms with van der Waals surface area (Å²) < 4.78 is 12.8. The van der Waals surface area contributed by atoms with Crippen molar-refractivity contribution in [1.29, 1.82) is 0 Å². The zero-order valence-corrected chi connectivity index (χ0v) is 14.4. The van der Waals surface area contributed by atoms with Crippen molar-refractivity contribution in [3.8, 4) is 0 Å². The Morgan fingerprint density at radius 3 is 2.44 bits per heavy atom. The standard InChI is InChI=1S/C18H25FN4O2/c1-23(16-8-14-6-7-15(9-16)22-14)17(24)11-21-18(25)20-10-12-2-4-13(19)5-3-12/h2-5,14-16,22H,6-11H2,1H3,(H2,20,21,25). The van der Waals surface area contributed by atoms with Crippen LogP contribution in [0.3, 0.4) is 0 Å². The van der Waals surface area contributed by atoms with E-state index in [1.807, 2.05) is 7.05 Å². The van der Waals surface area contributed by atoms with Gasteiger partial charge in [-0.25, -0.2) is 9.18 Å². The fourth-order valence-corrected chi connectivity index (χ4v) is 3.67. The SMILES string of the molecule is CN(C(=O)CNC(=O)NCc1ccc(F)cc1)C1CC2CCC(C1)N2. The Bertz CT molecular complexity index is 610. The van der Waals surface area contributed by atoms with Crippen molar-refractivity contribution in [1.82, 2.24) is 20.9 Å². The molecule has 7 heteroatoms. The Balaban J connectivity index is 1.39. The van der Waals surface area contributed by atoms with Crippen molar-refractivity contribution in [3.05, 3.63) is 35.6 Å². The number of carbonyl (C=O) groups is 2. The molecule has 6 nitrogen and oxygen atoms in total. The first-order valence-electron chi connectivity index (χ1n) is 8.79. The number of nitrogens with zero attached hydrogens (tertiary/aromatic N) is 1. The fourth-order valence-electron chi connectivity index (χ4n) is 3.67. The first-order chi connectivity index (χ1) is 12.0. The van der Waals surface area contributed by atoms with E-state index in [0.29, 0.717) is 12.1 Å². The van der Waals surface area contributed by atoms with Crippen molar-refractivity contribution in [3.63, 3.8) is 0 Å². The van der Waals surface area contributed by atoms with Gasteiger partial charge in [-0.1, -0.05) is 12.1 Å². The number of rotatable bonds is 5. The van der Waals surface area contributed by atoms with Crippen LogP contribution in [0.25, 0.3) is 0 Å². The summed E-state index contributed by atoms with van der Waals surface area (Å²) in [6.45, 7) is 0.263. The van der Waals surface area contributed by atoms with Crippen molar-refractivity contribution in [2.24, 2.45) is 0 Å². The number of likely N-dealkylation sites (N-methyl/N-ethyl adjacent to an activating group) is 1.